The van der Waals surface area contributed by atoms with E-state index in [1.165, 1.54) is 0 Å². The summed E-state index contributed by atoms with van der Waals surface area (Å²) in [4.78, 5) is 31.9. The highest BCUT2D eigenvalue weighted by Gasteiger charge is 2.30. The number of nitrogens with zero attached hydrogens (tertiary/aromatic N) is 4. The van der Waals surface area contributed by atoms with E-state index in [1.807, 2.05) is 26.8 Å². The van der Waals surface area contributed by atoms with Gasteiger partial charge in [-0.15, -0.1) is 0 Å². The van der Waals surface area contributed by atoms with Crippen LogP contribution in [0.4, 0.5) is 17.1 Å². The van der Waals surface area contributed by atoms with Crippen molar-refractivity contribution in [3.05, 3.63) is 54.2 Å². The van der Waals surface area contributed by atoms with Crippen molar-refractivity contribution in [2.75, 3.05) is 0 Å². The fourth-order valence-electron chi connectivity index (χ4n) is 2.11. The van der Waals surface area contributed by atoms with Crippen LogP contribution in [-0.2, 0) is 0 Å². The summed E-state index contributed by atoms with van der Waals surface area (Å²) in [6, 6.07) is 0.894. The maximum Gasteiger partial charge on any atom is 0.324 e. The number of hydrogen-bond acceptors (Lipinski definition) is 10. The van der Waals surface area contributed by atoms with Gasteiger partial charge in [0.05, 0.1) is 32.4 Å². The summed E-state index contributed by atoms with van der Waals surface area (Å²) < 4.78 is 0. The van der Waals surface area contributed by atoms with Crippen LogP contribution in [0.15, 0.2) is 28.9 Å². The van der Waals surface area contributed by atoms with Crippen molar-refractivity contribution in [2.45, 2.75) is 26.3 Å². The highest BCUT2D eigenvalue weighted by Crippen LogP contribution is 2.38. The maximum absolute atomic E-state index is 10.4. The summed E-state index contributed by atoms with van der Waals surface area (Å²) in [5.74, 6) is -0.703. The van der Waals surface area contributed by atoms with E-state index in [2.05, 4.69) is 10.3 Å². The lowest BCUT2D eigenvalue weighted by atomic mass is 10.0. The number of non-ortho nitro benzene ring substituents is 1. The van der Waals surface area contributed by atoms with Gasteiger partial charge in [0.2, 0.25) is 0 Å². The van der Waals surface area contributed by atoms with Gasteiger partial charge in [0.25, 0.3) is 11.4 Å². The number of nitrogens with two attached hydrogens (primary N) is 1. The summed E-state index contributed by atoms with van der Waals surface area (Å²) in [5, 5.41) is 43.1. The van der Waals surface area contributed by atoms with Crippen molar-refractivity contribution in [1.82, 2.24) is 5.32 Å². The fourth-order valence-corrected chi connectivity index (χ4v) is 2.11. The molecule has 1 aromatic rings. The van der Waals surface area contributed by atoms with E-state index in [0.717, 1.165) is 5.70 Å². The number of guanidine groups is 1. The number of nitro benzene ring substituents is 3. The number of benzene rings is 1. The number of rotatable bonds is 3. The van der Waals surface area contributed by atoms with Gasteiger partial charge < -0.3 is 16.2 Å². The monoisotopic (exact) mass is 368 g/mol. The molecule has 0 saturated carbocycles. The molecule has 4 N–H and O–H groups in total. The van der Waals surface area contributed by atoms with Gasteiger partial charge in [-0.1, -0.05) is 0 Å². The molecule has 0 saturated heterocycles. The Balaban J connectivity index is 0.000000289. The number of phenolic OH excluding ortho intramolecular Hbond substituents is 1. The molecule has 1 heterocycles. The van der Waals surface area contributed by atoms with Crippen molar-refractivity contribution in [2.24, 2.45) is 10.7 Å². The van der Waals surface area contributed by atoms with E-state index in [4.69, 9.17) is 10.8 Å². The summed E-state index contributed by atoms with van der Waals surface area (Å²) in [7, 11) is 0. The van der Waals surface area contributed by atoms with E-state index in [0.29, 0.717) is 18.1 Å². The summed E-state index contributed by atoms with van der Waals surface area (Å²) in [6.07, 6.45) is 2.04. The third kappa shape index (κ3) is 5.12. The van der Waals surface area contributed by atoms with Gasteiger partial charge >= 0.3 is 11.4 Å². The quantitative estimate of drug-likeness (QED) is 0.524. The first-order valence-electron chi connectivity index (χ1n) is 6.96. The number of nitro groups is 3. The smallest absolute Gasteiger partial charge is 0.324 e. The molecule has 0 atom stereocenters. The van der Waals surface area contributed by atoms with Crippen LogP contribution < -0.4 is 11.1 Å². The minimum atomic E-state index is -1.21. The second-order valence-electron chi connectivity index (χ2n) is 5.71. The molecule has 26 heavy (non-hydrogen) atoms. The molecule has 0 amide bonds. The molecule has 1 aliphatic heterocycles. The van der Waals surface area contributed by atoms with Crippen LogP contribution in [0, 0.1) is 30.3 Å². The van der Waals surface area contributed by atoms with Crippen molar-refractivity contribution in [3.8, 4) is 5.75 Å². The predicted molar refractivity (Wildman–Crippen MR) is 90.7 cm³/mol. The van der Waals surface area contributed by atoms with Crippen LogP contribution in [0.2, 0.25) is 0 Å². The molecule has 0 fully saturated rings. The second kappa shape index (κ2) is 7.42. The zero-order valence-corrected chi connectivity index (χ0v) is 14.0. The van der Waals surface area contributed by atoms with Crippen molar-refractivity contribution in [1.29, 1.82) is 0 Å². The molecule has 0 radical (unpaired) electrons. The highest BCUT2D eigenvalue weighted by atomic mass is 16.6. The molecule has 2 rings (SSSR count). The van der Waals surface area contributed by atoms with Crippen LogP contribution in [0.3, 0.4) is 0 Å². The van der Waals surface area contributed by atoms with E-state index in [9.17, 15) is 30.3 Å². The van der Waals surface area contributed by atoms with Gasteiger partial charge in [0.15, 0.2) is 5.96 Å². The van der Waals surface area contributed by atoms with Gasteiger partial charge in [-0.2, -0.15) is 0 Å². The SMILES string of the molecule is CC1=CC(C)(C)N=C(N)N1.O=[N+]([O-])c1cc([N+](=O)[O-])c(O)c([N+](=O)[O-])c1. The van der Waals surface area contributed by atoms with E-state index in [-0.39, 0.29) is 5.54 Å². The Labute approximate surface area is 146 Å². The minimum Gasteiger partial charge on any atom is -0.497 e. The van der Waals surface area contributed by atoms with Crippen LogP contribution in [-0.4, -0.2) is 31.4 Å². The number of aromatic hydroxyl groups is 1. The number of aliphatic imine (C=N–C) groups is 1. The molecule has 1 aromatic carbocycles. The predicted octanol–water partition coefficient (Wildman–Crippen LogP) is 1.70. The Kier molecular flexibility index (Phi) is 5.78. The normalized spacial score (nSPS) is 14.7. The minimum absolute atomic E-state index is 0.139. The Bertz CT molecular complexity index is 775. The molecule has 140 valence electrons. The van der Waals surface area contributed by atoms with Gasteiger partial charge in [-0.3, -0.25) is 30.3 Å². The topological polar surface area (TPSA) is 200 Å². The van der Waals surface area contributed by atoms with Crippen molar-refractivity contribution in [3.63, 3.8) is 0 Å². The molecular formula is C13H16N6O7. The zero-order valence-electron chi connectivity index (χ0n) is 14.0. The Morgan fingerprint density at radius 2 is 1.54 bits per heavy atom. The number of nitrogens with one attached hydrogen (secondary N) is 1. The number of hydrogen-bond donors (Lipinski definition) is 3. The lowest BCUT2D eigenvalue weighted by Gasteiger charge is -2.22. The Morgan fingerprint density at radius 3 is 1.85 bits per heavy atom. The summed E-state index contributed by atoms with van der Waals surface area (Å²) >= 11 is 0. The van der Waals surface area contributed by atoms with Gasteiger partial charge in [-0.05, 0) is 26.8 Å². The fraction of sp³-hybridized carbons (Fsp3) is 0.308. The number of allylic oxidation sites excluding steroid dienone is 1. The van der Waals surface area contributed by atoms with Crippen molar-refractivity contribution < 1.29 is 19.9 Å². The summed E-state index contributed by atoms with van der Waals surface area (Å²) in [5.41, 5.74) is 3.42. The van der Waals surface area contributed by atoms with Crippen LogP contribution >= 0.6 is 0 Å². The van der Waals surface area contributed by atoms with E-state index >= 15 is 0 Å². The average Bonchev–Trinajstić information content (AvgIpc) is 2.44. The van der Waals surface area contributed by atoms with Gasteiger partial charge in [0.1, 0.15) is 0 Å². The number of phenols is 1. The van der Waals surface area contributed by atoms with Crippen LogP contribution in [0.25, 0.3) is 0 Å². The lowest BCUT2D eigenvalue weighted by molar-refractivity contribution is -0.404. The molecule has 0 aromatic heterocycles. The average molecular weight is 368 g/mol. The highest BCUT2D eigenvalue weighted by molar-refractivity contribution is 5.81. The summed E-state index contributed by atoms with van der Waals surface area (Å²) in [6.45, 7) is 6.01. The first kappa shape index (κ1) is 20.3. The second-order valence-corrected chi connectivity index (χ2v) is 5.71. The third-order valence-corrected chi connectivity index (χ3v) is 2.96. The Hall–Kier alpha value is -3.77. The van der Waals surface area contributed by atoms with E-state index in [1.54, 1.807) is 0 Å². The molecule has 0 spiro atoms. The zero-order chi connectivity index (χ0) is 20.2. The molecule has 13 heteroatoms. The van der Waals surface area contributed by atoms with Gasteiger partial charge in [-0.25, -0.2) is 4.99 Å². The molecule has 0 unspecified atom stereocenters. The molecule has 0 aliphatic carbocycles. The first-order chi connectivity index (χ1) is 11.8. The molecule has 13 nitrogen and oxygen atoms in total. The van der Waals surface area contributed by atoms with Crippen molar-refractivity contribution >= 4 is 23.0 Å². The van der Waals surface area contributed by atoms with Crippen LogP contribution in [0.5, 0.6) is 5.75 Å². The molecular weight excluding hydrogens is 352 g/mol. The maximum atomic E-state index is 10.4. The molecule has 1 aliphatic rings. The largest absolute Gasteiger partial charge is 0.497 e. The van der Waals surface area contributed by atoms with Gasteiger partial charge in [0, 0.05) is 5.70 Å². The Morgan fingerprint density at radius 1 is 1.08 bits per heavy atom. The molecule has 0 bridgehead atoms. The van der Waals surface area contributed by atoms with Crippen LogP contribution in [0.1, 0.15) is 20.8 Å². The third-order valence-electron chi connectivity index (χ3n) is 2.96. The first-order valence-corrected chi connectivity index (χ1v) is 6.96. The van der Waals surface area contributed by atoms with E-state index < -0.39 is 37.6 Å². The lowest BCUT2D eigenvalue weighted by Crippen LogP contribution is -2.38. The standard InChI is InChI=1S/C7H13N3.C6H3N3O7/c1-5-4-7(2,3)10-6(8)9-5;10-6-4(8(13)14)1-3(7(11)12)2-5(6)9(15)16/h4H,1-3H3,(H3,8,9,10);1-2,10H.